The van der Waals surface area contributed by atoms with Gasteiger partial charge in [0.05, 0.1) is 10.5 Å². The lowest BCUT2D eigenvalue weighted by molar-refractivity contribution is -0.136. The monoisotopic (exact) mass is 518 g/mol. The van der Waals surface area contributed by atoms with Gasteiger partial charge in [0.1, 0.15) is 12.3 Å². The van der Waals surface area contributed by atoms with Crippen LogP contribution in [0.5, 0.6) is 5.75 Å². The number of carbonyl (C=O) groups is 4. The molecule has 0 saturated carbocycles. The maximum absolute atomic E-state index is 12.9. The van der Waals surface area contributed by atoms with Gasteiger partial charge in [-0.15, -0.1) is 0 Å². The predicted molar refractivity (Wildman–Crippen MR) is 131 cm³/mol. The first-order valence-corrected chi connectivity index (χ1v) is 12.2. The normalized spacial score (nSPS) is 17.4. The van der Waals surface area contributed by atoms with E-state index < -0.39 is 17.1 Å². The van der Waals surface area contributed by atoms with Gasteiger partial charge in [0, 0.05) is 28.7 Å². The van der Waals surface area contributed by atoms with E-state index in [-0.39, 0.29) is 23.1 Å². The Hall–Kier alpha value is -2.81. The second-order valence-electron chi connectivity index (χ2n) is 7.79. The van der Waals surface area contributed by atoms with Crippen molar-refractivity contribution in [2.45, 2.75) is 19.3 Å². The molecule has 0 atom stereocenters. The van der Waals surface area contributed by atoms with Crippen molar-refractivity contribution in [1.29, 1.82) is 0 Å². The molecule has 4 rings (SSSR count). The van der Waals surface area contributed by atoms with E-state index in [1.165, 1.54) is 30.3 Å². The molecule has 2 aliphatic heterocycles. The summed E-state index contributed by atoms with van der Waals surface area (Å²) in [5, 5.41) is 0.318. The summed E-state index contributed by atoms with van der Waals surface area (Å²) < 4.78 is 5.50. The number of esters is 1. The number of halogens is 2. The minimum absolute atomic E-state index is 0.113. The Bertz CT molecular complexity index is 1180. The molecule has 2 aliphatic rings. The molecule has 0 unspecified atom stereocenters. The van der Waals surface area contributed by atoms with Crippen LogP contribution in [0.1, 0.15) is 35.2 Å². The smallest absolute Gasteiger partial charge is 0.343 e. The van der Waals surface area contributed by atoms with Crippen LogP contribution in [-0.4, -0.2) is 52.5 Å². The number of amides is 3. The topological polar surface area (TPSA) is 84.0 Å². The molecule has 0 aromatic heterocycles. The summed E-state index contributed by atoms with van der Waals surface area (Å²) in [4.78, 5) is 53.2. The first-order valence-electron chi connectivity index (χ1n) is 10.6. The number of nitrogens with zero attached hydrogens (tertiary/aromatic N) is 2. The van der Waals surface area contributed by atoms with Crippen molar-refractivity contribution in [2.24, 2.45) is 0 Å². The summed E-state index contributed by atoms with van der Waals surface area (Å²) >= 11 is 12.7. The molecule has 7 nitrogen and oxygen atoms in total. The van der Waals surface area contributed by atoms with Gasteiger partial charge in [0.15, 0.2) is 0 Å². The van der Waals surface area contributed by atoms with Gasteiger partial charge in [-0.1, -0.05) is 23.2 Å². The van der Waals surface area contributed by atoms with Crippen LogP contribution in [0.2, 0.25) is 10.0 Å². The van der Waals surface area contributed by atoms with Crippen molar-refractivity contribution in [3.05, 3.63) is 68.5 Å². The van der Waals surface area contributed by atoms with Crippen LogP contribution in [0.25, 0.3) is 6.08 Å². The second-order valence-corrected chi connectivity index (χ2v) is 9.65. The SMILES string of the molecule is O=C(Oc1ccc(Cl)cc1/C=C1\SC(=O)N(CC(=O)N2CCCCC2)C1=O)c1ccc(Cl)cc1. The fourth-order valence-corrected chi connectivity index (χ4v) is 4.76. The van der Waals surface area contributed by atoms with Gasteiger partial charge in [0.25, 0.3) is 11.1 Å². The maximum atomic E-state index is 12.9. The molecule has 0 spiro atoms. The third-order valence-corrected chi connectivity index (χ3v) is 6.81. The van der Waals surface area contributed by atoms with Crippen molar-refractivity contribution >= 4 is 64.1 Å². The van der Waals surface area contributed by atoms with Gasteiger partial charge in [-0.25, -0.2) is 4.79 Å². The lowest BCUT2D eigenvalue weighted by atomic mass is 10.1. The number of piperidine rings is 1. The molecule has 176 valence electrons. The van der Waals surface area contributed by atoms with Gasteiger partial charge in [-0.2, -0.15) is 0 Å². The molecule has 34 heavy (non-hydrogen) atoms. The number of benzene rings is 2. The van der Waals surface area contributed by atoms with E-state index in [1.54, 1.807) is 23.1 Å². The molecule has 0 radical (unpaired) electrons. The highest BCUT2D eigenvalue weighted by atomic mass is 35.5. The van der Waals surface area contributed by atoms with Crippen molar-refractivity contribution in [3.8, 4) is 5.75 Å². The van der Waals surface area contributed by atoms with Crippen molar-refractivity contribution < 1.29 is 23.9 Å². The third-order valence-electron chi connectivity index (χ3n) is 5.42. The van der Waals surface area contributed by atoms with E-state index in [2.05, 4.69) is 0 Å². The van der Waals surface area contributed by atoms with Crippen molar-refractivity contribution in [1.82, 2.24) is 9.80 Å². The molecule has 2 fully saturated rings. The third kappa shape index (κ3) is 5.63. The van der Waals surface area contributed by atoms with Crippen LogP contribution in [0.15, 0.2) is 47.4 Å². The van der Waals surface area contributed by atoms with Crippen molar-refractivity contribution in [2.75, 3.05) is 19.6 Å². The first-order chi connectivity index (χ1) is 16.3. The summed E-state index contributed by atoms with van der Waals surface area (Å²) in [6.45, 7) is 0.974. The fourth-order valence-electron chi connectivity index (χ4n) is 3.63. The molecule has 2 heterocycles. The van der Waals surface area contributed by atoms with Gasteiger partial charge < -0.3 is 9.64 Å². The first kappa shape index (κ1) is 24.3. The molecule has 3 amide bonds. The average molecular weight is 519 g/mol. The Morgan fingerprint density at radius 1 is 0.971 bits per heavy atom. The number of thioether (sulfide) groups is 1. The highest BCUT2D eigenvalue weighted by Gasteiger charge is 2.37. The molecule has 0 N–H and O–H groups in total. The Balaban J connectivity index is 1.52. The van der Waals surface area contributed by atoms with Crippen LogP contribution < -0.4 is 4.74 Å². The molecule has 2 aromatic rings. The zero-order valence-corrected chi connectivity index (χ0v) is 20.3. The largest absolute Gasteiger partial charge is 0.422 e. The van der Waals surface area contributed by atoms with Crippen LogP contribution in [0.3, 0.4) is 0 Å². The van der Waals surface area contributed by atoms with Crippen LogP contribution in [0, 0.1) is 0 Å². The molecule has 10 heteroatoms. The lowest BCUT2D eigenvalue weighted by Gasteiger charge is -2.27. The number of hydrogen-bond donors (Lipinski definition) is 0. The Kier molecular flexibility index (Phi) is 7.60. The molecule has 2 saturated heterocycles. The van der Waals surface area contributed by atoms with E-state index in [9.17, 15) is 19.2 Å². The Morgan fingerprint density at radius 2 is 1.65 bits per heavy atom. The number of rotatable bonds is 5. The highest BCUT2D eigenvalue weighted by molar-refractivity contribution is 8.18. The average Bonchev–Trinajstić information content (AvgIpc) is 3.09. The van der Waals surface area contributed by atoms with Crippen LogP contribution >= 0.6 is 35.0 Å². The number of hydrogen-bond acceptors (Lipinski definition) is 6. The zero-order chi connectivity index (χ0) is 24.2. The Labute approximate surface area is 210 Å². The maximum Gasteiger partial charge on any atom is 0.343 e. The van der Waals surface area contributed by atoms with E-state index in [0.29, 0.717) is 34.3 Å². The minimum atomic E-state index is -0.617. The van der Waals surface area contributed by atoms with E-state index in [4.69, 9.17) is 27.9 Å². The quantitative estimate of drug-likeness (QED) is 0.305. The second kappa shape index (κ2) is 10.6. The number of imide groups is 1. The highest BCUT2D eigenvalue weighted by Crippen LogP contribution is 2.35. The minimum Gasteiger partial charge on any atom is -0.422 e. The molecule has 0 aliphatic carbocycles. The van der Waals surface area contributed by atoms with Gasteiger partial charge in [0.2, 0.25) is 5.91 Å². The summed E-state index contributed by atoms with van der Waals surface area (Å²) in [7, 11) is 0. The lowest BCUT2D eigenvalue weighted by Crippen LogP contribution is -2.44. The fraction of sp³-hybridized carbons (Fsp3) is 0.250. The summed E-state index contributed by atoms with van der Waals surface area (Å²) in [6, 6.07) is 10.8. The Morgan fingerprint density at radius 3 is 2.35 bits per heavy atom. The standard InChI is InChI=1S/C24H20Cl2N2O5S/c25-17-6-4-15(5-7-17)23(31)33-19-9-8-18(26)12-16(19)13-20-22(30)28(24(32)34-20)14-21(29)27-10-2-1-3-11-27/h4-9,12-13H,1-3,10-11,14H2/b20-13-. The molecule has 2 aromatic carbocycles. The molecule has 0 bridgehead atoms. The summed E-state index contributed by atoms with van der Waals surface area (Å²) in [6.07, 6.45) is 4.34. The number of ether oxygens (including phenoxy) is 1. The summed E-state index contributed by atoms with van der Waals surface area (Å²) in [5.41, 5.74) is 0.643. The van der Waals surface area contributed by atoms with Gasteiger partial charge in [-0.05, 0) is 79.6 Å². The number of likely N-dealkylation sites (tertiary alicyclic amines) is 1. The van der Waals surface area contributed by atoms with Crippen LogP contribution in [-0.2, 0) is 9.59 Å². The molecular formula is C24H20Cl2N2O5S. The molecular weight excluding hydrogens is 499 g/mol. The van der Waals surface area contributed by atoms with E-state index >= 15 is 0 Å². The van der Waals surface area contributed by atoms with E-state index in [0.717, 1.165) is 35.9 Å². The number of carbonyl (C=O) groups excluding carboxylic acids is 4. The zero-order valence-electron chi connectivity index (χ0n) is 18.0. The van der Waals surface area contributed by atoms with Gasteiger partial charge >= 0.3 is 5.97 Å². The predicted octanol–water partition coefficient (Wildman–Crippen LogP) is 5.26. The van der Waals surface area contributed by atoms with Crippen molar-refractivity contribution in [3.63, 3.8) is 0 Å². The summed E-state index contributed by atoms with van der Waals surface area (Å²) in [5.74, 6) is -1.27. The van der Waals surface area contributed by atoms with E-state index in [1.807, 2.05) is 0 Å². The van der Waals surface area contributed by atoms with Gasteiger partial charge in [-0.3, -0.25) is 19.3 Å². The van der Waals surface area contributed by atoms with Crippen LogP contribution in [0.4, 0.5) is 4.79 Å².